The van der Waals surface area contributed by atoms with E-state index in [4.69, 9.17) is 15.5 Å². The Hall–Kier alpha value is -5.61. The van der Waals surface area contributed by atoms with E-state index in [2.05, 4.69) is 65.4 Å². The maximum atomic E-state index is 14.7. The summed E-state index contributed by atoms with van der Waals surface area (Å²) < 4.78 is 7.59. The predicted octanol–water partition coefficient (Wildman–Crippen LogP) is 5.83. The fourth-order valence-corrected chi connectivity index (χ4v) is 7.81. The Morgan fingerprint density at radius 3 is 2.46 bits per heavy atom. The number of pyridine rings is 1. The number of benzene rings is 3. The minimum atomic E-state index is -0.600. The summed E-state index contributed by atoms with van der Waals surface area (Å²) in [4.78, 5) is 38.7. The van der Waals surface area contributed by atoms with Crippen LogP contribution in [0.2, 0.25) is 0 Å². The number of hydrogen-bond acceptors (Lipinski definition) is 9. The fraction of sp³-hybridized carbons (Fsp3) is 0.386. The van der Waals surface area contributed by atoms with E-state index >= 15 is 0 Å². The zero-order valence-corrected chi connectivity index (χ0v) is 32.6. The Bertz CT molecular complexity index is 2250. The molecule has 2 aliphatic heterocycles. The third-order valence-electron chi connectivity index (χ3n) is 11.0. The second-order valence-corrected chi connectivity index (χ2v) is 14.9. The highest BCUT2D eigenvalue weighted by molar-refractivity contribution is 5.99. The Balaban J connectivity index is 1.28. The van der Waals surface area contributed by atoms with E-state index in [-0.39, 0.29) is 30.6 Å². The van der Waals surface area contributed by atoms with Crippen LogP contribution >= 0.6 is 0 Å². The molecule has 2 fully saturated rings. The zero-order chi connectivity index (χ0) is 39.2. The average molecular weight is 754 g/mol. The van der Waals surface area contributed by atoms with Crippen LogP contribution < -0.4 is 11.1 Å². The molecule has 0 bridgehead atoms. The van der Waals surface area contributed by atoms with Crippen molar-refractivity contribution >= 4 is 28.5 Å². The molecule has 0 atom stereocenters. The van der Waals surface area contributed by atoms with Crippen LogP contribution in [0.4, 0.5) is 5.69 Å². The molecule has 3 aromatic carbocycles. The summed E-state index contributed by atoms with van der Waals surface area (Å²) in [5.41, 5.74) is 14.2. The normalized spacial score (nSPS) is 15.5. The van der Waals surface area contributed by atoms with Crippen LogP contribution in [0, 0.1) is 11.3 Å². The quantitative estimate of drug-likeness (QED) is 0.152. The number of carbonyl (C=O) groups is 2. The second-order valence-electron chi connectivity index (χ2n) is 14.9. The number of likely N-dealkylation sites (N-methyl/N-ethyl adjacent to an activating group) is 1. The lowest BCUT2D eigenvalue weighted by molar-refractivity contribution is 0.0730. The Morgan fingerprint density at radius 2 is 1.73 bits per heavy atom. The number of nitrogens with one attached hydrogen (secondary N) is 1. The van der Waals surface area contributed by atoms with Crippen molar-refractivity contribution in [1.29, 1.82) is 5.26 Å². The van der Waals surface area contributed by atoms with Crippen LogP contribution in [0.5, 0.6) is 0 Å². The molecule has 2 saturated heterocycles. The van der Waals surface area contributed by atoms with Gasteiger partial charge in [0.25, 0.3) is 5.91 Å². The van der Waals surface area contributed by atoms with Crippen molar-refractivity contribution in [2.75, 3.05) is 51.8 Å². The number of rotatable bonds is 13. The first-order valence-electron chi connectivity index (χ1n) is 19.7. The first-order valence-corrected chi connectivity index (χ1v) is 19.7. The third kappa shape index (κ3) is 8.60. The van der Waals surface area contributed by atoms with Crippen LogP contribution in [-0.4, -0.2) is 93.8 Å². The van der Waals surface area contributed by atoms with E-state index < -0.39 is 5.91 Å². The van der Waals surface area contributed by atoms with Gasteiger partial charge in [-0.25, -0.2) is 9.67 Å². The number of carbonyl (C=O) groups excluding carboxylic acids is 2. The summed E-state index contributed by atoms with van der Waals surface area (Å²) in [6, 6.07) is 23.4. The molecular weight excluding hydrogens is 703 g/mol. The molecule has 0 spiro atoms. The molecule has 5 aromatic rings. The molecule has 0 saturated carbocycles. The maximum Gasteiger partial charge on any atom is 0.254 e. The number of aromatic nitrogens is 3. The van der Waals surface area contributed by atoms with Gasteiger partial charge in [-0.15, -0.1) is 0 Å². The van der Waals surface area contributed by atoms with Crippen molar-refractivity contribution in [1.82, 2.24) is 29.5 Å². The van der Waals surface area contributed by atoms with E-state index in [0.29, 0.717) is 37.3 Å². The Kier molecular flexibility index (Phi) is 12.1. The average Bonchev–Trinajstić information content (AvgIpc) is 3.65. The topological polar surface area (TPSA) is 146 Å². The van der Waals surface area contributed by atoms with Crippen molar-refractivity contribution in [3.8, 4) is 17.2 Å². The zero-order valence-electron chi connectivity index (χ0n) is 32.6. The summed E-state index contributed by atoms with van der Waals surface area (Å²) in [6.07, 6.45) is 4.23. The van der Waals surface area contributed by atoms with Crippen LogP contribution in [0.25, 0.3) is 22.2 Å². The summed E-state index contributed by atoms with van der Waals surface area (Å²) in [5.74, 6) is -0.854. The van der Waals surface area contributed by atoms with E-state index in [0.717, 1.165) is 90.2 Å². The van der Waals surface area contributed by atoms with Gasteiger partial charge in [-0.1, -0.05) is 37.3 Å². The van der Waals surface area contributed by atoms with Gasteiger partial charge in [0.15, 0.2) is 5.65 Å². The lowest BCUT2D eigenvalue weighted by atomic mass is 9.96. The van der Waals surface area contributed by atoms with Crippen LogP contribution in [0.1, 0.15) is 75.4 Å². The molecule has 12 heteroatoms. The van der Waals surface area contributed by atoms with Crippen molar-refractivity contribution in [2.45, 2.75) is 65.3 Å². The molecule has 4 heterocycles. The number of fused-ring (bicyclic) bond motifs is 1. The van der Waals surface area contributed by atoms with E-state index in [1.54, 1.807) is 29.2 Å². The SMILES string of the molecule is CCc1nc2c(cnn2CC)c(NC2CCOCC2)c1CN(Cc1ccc(C#N)c(-c2cccc(CN3CCN(C)CC3)c2)c1)C(=O)c1cccc(C(N)=O)c1. The van der Waals surface area contributed by atoms with Crippen molar-refractivity contribution in [3.05, 3.63) is 112 Å². The van der Waals surface area contributed by atoms with Crippen LogP contribution in [-0.2, 0) is 37.3 Å². The number of nitriles is 1. The van der Waals surface area contributed by atoms with Gasteiger partial charge in [0.1, 0.15) is 0 Å². The molecule has 290 valence electrons. The number of ether oxygens (including phenoxy) is 1. The minimum absolute atomic E-state index is 0.187. The molecule has 2 amide bonds. The van der Waals surface area contributed by atoms with Crippen LogP contribution in [0.15, 0.2) is 72.9 Å². The molecule has 7 rings (SSSR count). The molecule has 12 nitrogen and oxygen atoms in total. The van der Waals surface area contributed by atoms with Crippen molar-refractivity contribution in [2.24, 2.45) is 5.73 Å². The second kappa shape index (κ2) is 17.5. The van der Waals surface area contributed by atoms with Gasteiger partial charge in [-0.2, -0.15) is 10.4 Å². The Morgan fingerprint density at radius 1 is 0.964 bits per heavy atom. The number of piperazine rings is 1. The van der Waals surface area contributed by atoms with Gasteiger partial charge in [-0.3, -0.25) is 14.5 Å². The minimum Gasteiger partial charge on any atom is -0.381 e. The Labute approximate surface area is 328 Å². The molecule has 56 heavy (non-hydrogen) atoms. The molecule has 3 N–H and O–H groups in total. The van der Waals surface area contributed by atoms with Gasteiger partial charge >= 0.3 is 0 Å². The smallest absolute Gasteiger partial charge is 0.254 e. The summed E-state index contributed by atoms with van der Waals surface area (Å²) >= 11 is 0. The van der Waals surface area contributed by atoms with E-state index in [1.165, 1.54) is 5.56 Å². The molecule has 2 aliphatic rings. The molecule has 0 unspecified atom stereocenters. The summed E-state index contributed by atoms with van der Waals surface area (Å²) in [7, 11) is 2.16. The number of primary amides is 1. The first kappa shape index (κ1) is 38.7. The van der Waals surface area contributed by atoms with Crippen molar-refractivity contribution in [3.63, 3.8) is 0 Å². The highest BCUT2D eigenvalue weighted by atomic mass is 16.5. The number of aryl methyl sites for hydroxylation is 2. The number of hydrogen-bond donors (Lipinski definition) is 2. The van der Waals surface area contributed by atoms with Gasteiger partial charge in [0, 0.05) is 87.5 Å². The van der Waals surface area contributed by atoms with Crippen molar-refractivity contribution < 1.29 is 14.3 Å². The first-order chi connectivity index (χ1) is 27.2. The summed E-state index contributed by atoms with van der Waals surface area (Å²) in [6.45, 7) is 11.6. The number of anilines is 1. The standard InChI is InChI=1S/C44H51N9O3/c1-4-40-39(41(48-36-14-20-56-21-15-36)38-26-47-53(5-2)43(38)49-40)29-52(44(55)34-11-7-10-33(24-34)42(46)54)28-31-12-13-35(25-45)37(23-31)32-9-6-8-30(22-32)27-51-18-16-50(3)17-19-51/h6-13,22-24,26,36H,4-5,14-21,27-29H2,1-3H3,(H2,46,54)(H,48,49). The molecular formula is C44H51N9O3. The fourth-order valence-electron chi connectivity index (χ4n) is 7.81. The monoisotopic (exact) mass is 753 g/mol. The lowest BCUT2D eigenvalue weighted by Gasteiger charge is -2.32. The molecule has 2 aromatic heterocycles. The number of amides is 2. The highest BCUT2D eigenvalue weighted by Crippen LogP contribution is 2.34. The van der Waals surface area contributed by atoms with E-state index in [1.807, 2.05) is 35.1 Å². The highest BCUT2D eigenvalue weighted by Gasteiger charge is 2.26. The largest absolute Gasteiger partial charge is 0.381 e. The van der Waals surface area contributed by atoms with Crippen LogP contribution in [0.3, 0.4) is 0 Å². The number of nitrogens with zero attached hydrogens (tertiary/aromatic N) is 7. The van der Waals surface area contributed by atoms with Gasteiger partial charge in [0.05, 0.1) is 35.4 Å². The number of nitrogens with two attached hydrogens (primary N) is 1. The van der Waals surface area contributed by atoms with Gasteiger partial charge < -0.3 is 25.6 Å². The summed E-state index contributed by atoms with van der Waals surface area (Å²) in [5, 5.41) is 19.7. The van der Waals surface area contributed by atoms with E-state index in [9.17, 15) is 14.9 Å². The molecule has 0 aliphatic carbocycles. The lowest BCUT2D eigenvalue weighted by Crippen LogP contribution is -2.43. The van der Waals surface area contributed by atoms with Gasteiger partial charge in [0.2, 0.25) is 5.91 Å². The molecule has 0 radical (unpaired) electrons. The predicted molar refractivity (Wildman–Crippen MR) is 218 cm³/mol. The van der Waals surface area contributed by atoms with Gasteiger partial charge in [-0.05, 0) is 91.9 Å². The maximum absolute atomic E-state index is 14.7. The third-order valence-corrected chi connectivity index (χ3v) is 11.0.